The van der Waals surface area contributed by atoms with Gasteiger partial charge in [0.1, 0.15) is 17.6 Å². The van der Waals surface area contributed by atoms with Crippen LogP contribution in [-0.2, 0) is 0 Å². The van der Waals surface area contributed by atoms with Gasteiger partial charge in [0, 0.05) is 41.2 Å². The Bertz CT molecular complexity index is 1330. The number of benzene rings is 3. The summed E-state index contributed by atoms with van der Waals surface area (Å²) in [6.45, 7) is 5.26. The van der Waals surface area contributed by atoms with E-state index in [0.29, 0.717) is 51.9 Å². The van der Waals surface area contributed by atoms with Gasteiger partial charge >= 0.3 is 6.03 Å². The largest absolute Gasteiger partial charge is 0.493 e. The van der Waals surface area contributed by atoms with Crippen molar-refractivity contribution in [2.75, 3.05) is 39.8 Å². The Kier molecular flexibility index (Phi) is 9.68. The van der Waals surface area contributed by atoms with Crippen LogP contribution in [0.1, 0.15) is 35.7 Å². The van der Waals surface area contributed by atoms with Crippen LogP contribution in [0, 0.1) is 0 Å². The van der Waals surface area contributed by atoms with Crippen molar-refractivity contribution >= 4 is 59.1 Å². The fourth-order valence-electron chi connectivity index (χ4n) is 4.96. The Hall–Kier alpha value is -2.48. The van der Waals surface area contributed by atoms with E-state index in [1.807, 2.05) is 71.3 Å². The maximum absolute atomic E-state index is 14.3. The molecular formula is C29H30Cl4N4O2. The number of aliphatic imine (C=N–C) groups is 1. The molecule has 2 aliphatic heterocycles. The monoisotopic (exact) mass is 606 g/mol. The maximum atomic E-state index is 14.3. The fraction of sp³-hybridized carbons (Fsp3) is 0.310. The van der Waals surface area contributed by atoms with Crippen molar-refractivity contribution in [2.24, 2.45) is 4.99 Å². The van der Waals surface area contributed by atoms with Crippen LogP contribution in [0.3, 0.4) is 0 Å². The SMILES string of the molecule is CCOc1cc(Cl)ccc1C1=NC(c2ccc(Cl)cc2)C(c2ccc(Cl)cc2)N1C(=O)N1CCN(C)CC1.Cl. The molecule has 0 radical (unpaired) electrons. The Morgan fingerprint density at radius 3 is 2.03 bits per heavy atom. The average Bonchev–Trinajstić information content (AvgIpc) is 3.30. The van der Waals surface area contributed by atoms with E-state index in [-0.39, 0.29) is 24.5 Å². The summed E-state index contributed by atoms with van der Waals surface area (Å²) < 4.78 is 5.97. The number of halogens is 4. The van der Waals surface area contributed by atoms with Crippen LogP contribution in [0.5, 0.6) is 5.75 Å². The van der Waals surface area contributed by atoms with Gasteiger partial charge < -0.3 is 14.5 Å². The standard InChI is InChI=1S/C29H29Cl3N4O2.ClH/c1-3-38-25-18-23(32)12-13-24(25)28-33-26(19-4-8-21(30)9-5-19)27(20-6-10-22(31)11-7-20)36(28)29(37)35-16-14-34(2)15-17-35;/h4-13,18,26-27H,3,14-17H2,1-2H3;1H. The molecular weight excluding hydrogens is 578 g/mol. The molecule has 5 rings (SSSR count). The number of carbonyl (C=O) groups is 1. The van der Waals surface area contributed by atoms with Gasteiger partial charge in [0.15, 0.2) is 0 Å². The quantitative estimate of drug-likeness (QED) is 0.304. The number of ether oxygens (including phenoxy) is 1. The molecule has 2 unspecified atom stereocenters. The molecule has 0 bridgehead atoms. The van der Waals surface area contributed by atoms with E-state index in [9.17, 15) is 4.79 Å². The lowest BCUT2D eigenvalue weighted by Crippen LogP contribution is -2.53. The molecule has 2 aliphatic rings. The molecule has 39 heavy (non-hydrogen) atoms. The highest BCUT2D eigenvalue weighted by Crippen LogP contribution is 2.45. The van der Waals surface area contributed by atoms with Crippen LogP contribution in [0.4, 0.5) is 4.79 Å². The van der Waals surface area contributed by atoms with E-state index in [0.717, 1.165) is 24.2 Å². The Balaban J connectivity index is 0.00000353. The predicted octanol–water partition coefficient (Wildman–Crippen LogP) is 7.38. The lowest BCUT2D eigenvalue weighted by Gasteiger charge is -2.38. The minimum Gasteiger partial charge on any atom is -0.493 e. The lowest BCUT2D eigenvalue weighted by atomic mass is 9.93. The Labute approximate surface area is 250 Å². The molecule has 2 heterocycles. The summed E-state index contributed by atoms with van der Waals surface area (Å²) in [5, 5.41) is 1.82. The number of carbonyl (C=O) groups excluding carboxylic acids is 1. The van der Waals surface area contributed by atoms with Crippen LogP contribution in [0.2, 0.25) is 15.1 Å². The van der Waals surface area contributed by atoms with Gasteiger partial charge in [0.05, 0.1) is 18.2 Å². The summed E-state index contributed by atoms with van der Waals surface area (Å²) >= 11 is 18.8. The summed E-state index contributed by atoms with van der Waals surface area (Å²) in [5.41, 5.74) is 2.60. The first kappa shape index (κ1) is 29.5. The van der Waals surface area contributed by atoms with Gasteiger partial charge in [-0.15, -0.1) is 12.4 Å². The van der Waals surface area contributed by atoms with Gasteiger partial charge in [0.2, 0.25) is 0 Å². The van der Waals surface area contributed by atoms with Crippen LogP contribution in [0.15, 0.2) is 71.7 Å². The van der Waals surface area contributed by atoms with E-state index >= 15 is 0 Å². The predicted molar refractivity (Wildman–Crippen MR) is 161 cm³/mol. The normalized spacial score (nSPS) is 19.5. The topological polar surface area (TPSA) is 48.4 Å². The highest BCUT2D eigenvalue weighted by molar-refractivity contribution is 6.31. The van der Waals surface area contributed by atoms with E-state index in [1.165, 1.54) is 0 Å². The van der Waals surface area contributed by atoms with Gasteiger partial charge in [-0.05, 0) is 67.6 Å². The van der Waals surface area contributed by atoms with E-state index < -0.39 is 6.04 Å². The van der Waals surface area contributed by atoms with E-state index in [4.69, 9.17) is 44.5 Å². The van der Waals surface area contributed by atoms with Crippen molar-refractivity contribution in [3.8, 4) is 5.75 Å². The molecule has 0 aliphatic carbocycles. The zero-order valence-corrected chi connectivity index (χ0v) is 24.8. The van der Waals surface area contributed by atoms with E-state index in [2.05, 4.69) is 11.9 Å². The number of amidine groups is 1. The number of urea groups is 1. The summed E-state index contributed by atoms with van der Waals surface area (Å²) in [4.78, 5) is 25.5. The van der Waals surface area contributed by atoms with Crippen molar-refractivity contribution in [2.45, 2.75) is 19.0 Å². The van der Waals surface area contributed by atoms with Gasteiger partial charge in [0.25, 0.3) is 0 Å². The number of likely N-dealkylation sites (N-methyl/N-ethyl adjacent to an activating group) is 1. The summed E-state index contributed by atoms with van der Waals surface area (Å²) in [7, 11) is 2.07. The number of hydrogen-bond donors (Lipinski definition) is 0. The molecule has 6 nitrogen and oxygen atoms in total. The molecule has 0 aromatic heterocycles. The fourth-order valence-corrected chi connectivity index (χ4v) is 5.37. The summed E-state index contributed by atoms with van der Waals surface area (Å²) in [6.07, 6.45) is 0. The molecule has 1 saturated heterocycles. The zero-order valence-electron chi connectivity index (χ0n) is 21.7. The number of nitrogens with zero attached hydrogens (tertiary/aromatic N) is 4. The lowest BCUT2D eigenvalue weighted by molar-refractivity contribution is 0.130. The average molecular weight is 608 g/mol. The first-order chi connectivity index (χ1) is 18.4. The second-order valence-corrected chi connectivity index (χ2v) is 10.8. The molecule has 2 atom stereocenters. The van der Waals surface area contributed by atoms with Gasteiger partial charge in [-0.3, -0.25) is 9.89 Å². The van der Waals surface area contributed by atoms with Crippen LogP contribution in [-0.4, -0.2) is 66.4 Å². The molecule has 1 fully saturated rings. The molecule has 2 amide bonds. The van der Waals surface area contributed by atoms with Crippen molar-refractivity contribution in [3.05, 3.63) is 98.5 Å². The van der Waals surface area contributed by atoms with Crippen LogP contribution in [0.25, 0.3) is 0 Å². The Morgan fingerprint density at radius 1 is 0.872 bits per heavy atom. The molecule has 206 valence electrons. The molecule has 3 aromatic carbocycles. The second-order valence-electron chi connectivity index (χ2n) is 9.46. The molecule has 10 heteroatoms. The van der Waals surface area contributed by atoms with Crippen molar-refractivity contribution in [1.29, 1.82) is 0 Å². The third kappa shape index (κ3) is 6.31. The second kappa shape index (κ2) is 12.8. The van der Waals surface area contributed by atoms with E-state index in [1.54, 1.807) is 12.1 Å². The smallest absolute Gasteiger partial charge is 0.326 e. The van der Waals surface area contributed by atoms with Crippen LogP contribution >= 0.6 is 47.2 Å². The minimum absolute atomic E-state index is 0. The number of amides is 2. The van der Waals surface area contributed by atoms with Crippen LogP contribution < -0.4 is 4.74 Å². The van der Waals surface area contributed by atoms with Crippen molar-refractivity contribution < 1.29 is 9.53 Å². The minimum atomic E-state index is -0.402. The molecule has 0 spiro atoms. The van der Waals surface area contributed by atoms with Gasteiger partial charge in [-0.1, -0.05) is 59.1 Å². The Morgan fingerprint density at radius 2 is 1.44 bits per heavy atom. The third-order valence-electron chi connectivity index (χ3n) is 6.95. The van der Waals surface area contributed by atoms with Crippen molar-refractivity contribution in [1.82, 2.24) is 14.7 Å². The number of hydrogen-bond acceptors (Lipinski definition) is 4. The van der Waals surface area contributed by atoms with Crippen molar-refractivity contribution in [3.63, 3.8) is 0 Å². The summed E-state index contributed by atoms with van der Waals surface area (Å²) in [5.74, 6) is 1.13. The molecule has 0 saturated carbocycles. The maximum Gasteiger partial charge on any atom is 0.326 e. The first-order valence-corrected chi connectivity index (χ1v) is 13.8. The number of piperazine rings is 1. The highest BCUT2D eigenvalue weighted by atomic mass is 35.5. The van der Waals surface area contributed by atoms with Gasteiger partial charge in [-0.2, -0.15) is 0 Å². The molecule has 3 aromatic rings. The number of rotatable bonds is 5. The van der Waals surface area contributed by atoms with Gasteiger partial charge in [-0.25, -0.2) is 4.79 Å². The highest BCUT2D eigenvalue weighted by Gasteiger charge is 2.44. The third-order valence-corrected chi connectivity index (χ3v) is 7.69. The summed E-state index contributed by atoms with van der Waals surface area (Å²) in [6, 6.07) is 19.8. The first-order valence-electron chi connectivity index (χ1n) is 12.6. The molecule has 0 N–H and O–H groups in total. The zero-order chi connectivity index (χ0) is 26.8.